The number of nitrogen functional groups attached to an aromatic ring is 1. The molecule has 1 aliphatic carbocycles. The summed E-state index contributed by atoms with van der Waals surface area (Å²) in [7, 11) is 0. The molecule has 1 saturated carbocycles. The van der Waals surface area contributed by atoms with Crippen LogP contribution >= 0.6 is 0 Å². The molecule has 1 aliphatic rings. The summed E-state index contributed by atoms with van der Waals surface area (Å²) in [6, 6.07) is 0. The van der Waals surface area contributed by atoms with Gasteiger partial charge >= 0.3 is 0 Å². The van der Waals surface area contributed by atoms with Crippen LogP contribution in [0.2, 0.25) is 0 Å². The normalized spacial score (nSPS) is 27.5. The molecule has 3 nitrogen and oxygen atoms in total. The van der Waals surface area contributed by atoms with Gasteiger partial charge in [-0.25, -0.2) is 9.97 Å². The molecule has 0 aromatic carbocycles. The minimum absolute atomic E-state index is 0.562. The fourth-order valence-electron chi connectivity index (χ4n) is 2.08. The molecule has 2 rings (SSSR count). The van der Waals surface area contributed by atoms with Gasteiger partial charge in [0.1, 0.15) is 5.82 Å². The third-order valence-electron chi connectivity index (χ3n) is 3.07. The van der Waals surface area contributed by atoms with E-state index in [2.05, 4.69) is 16.9 Å². The maximum atomic E-state index is 5.55. The minimum atomic E-state index is 0.562. The molecule has 3 heteroatoms. The monoisotopic (exact) mass is 191 g/mol. The maximum Gasteiger partial charge on any atom is 0.131 e. The van der Waals surface area contributed by atoms with Crippen molar-refractivity contribution in [2.45, 2.75) is 38.5 Å². The van der Waals surface area contributed by atoms with Crippen molar-refractivity contribution in [3.8, 4) is 0 Å². The Bertz CT molecular complexity index is 286. The Morgan fingerprint density at radius 3 is 2.29 bits per heavy atom. The van der Waals surface area contributed by atoms with Gasteiger partial charge in [-0.15, -0.1) is 0 Å². The van der Waals surface area contributed by atoms with E-state index in [-0.39, 0.29) is 0 Å². The first-order chi connectivity index (χ1) is 6.75. The Balaban J connectivity index is 2.05. The van der Waals surface area contributed by atoms with Crippen LogP contribution in [0.25, 0.3) is 0 Å². The number of aromatic nitrogens is 2. The van der Waals surface area contributed by atoms with Gasteiger partial charge in [0.05, 0.1) is 18.1 Å². The summed E-state index contributed by atoms with van der Waals surface area (Å²) >= 11 is 0. The van der Waals surface area contributed by atoms with E-state index < -0.39 is 0 Å². The zero-order chi connectivity index (χ0) is 9.97. The van der Waals surface area contributed by atoms with E-state index >= 15 is 0 Å². The summed E-state index contributed by atoms with van der Waals surface area (Å²) in [5, 5.41) is 0. The summed E-state index contributed by atoms with van der Waals surface area (Å²) in [5.41, 5.74) is 6.20. The van der Waals surface area contributed by atoms with Crippen LogP contribution in [-0.4, -0.2) is 9.97 Å². The molecule has 1 fully saturated rings. The van der Waals surface area contributed by atoms with E-state index in [0.29, 0.717) is 11.6 Å². The lowest BCUT2D eigenvalue weighted by molar-refractivity contribution is 0.339. The van der Waals surface area contributed by atoms with Gasteiger partial charge in [-0.3, -0.25) is 0 Å². The van der Waals surface area contributed by atoms with Gasteiger partial charge in [-0.2, -0.15) is 0 Å². The molecule has 0 amide bonds. The molecule has 0 unspecified atom stereocenters. The summed E-state index contributed by atoms with van der Waals surface area (Å²) in [6.45, 7) is 2.32. The molecule has 0 spiro atoms. The van der Waals surface area contributed by atoms with Crippen molar-refractivity contribution >= 4 is 5.69 Å². The third-order valence-corrected chi connectivity index (χ3v) is 3.07. The van der Waals surface area contributed by atoms with Crippen molar-refractivity contribution < 1.29 is 0 Å². The second kappa shape index (κ2) is 3.95. The van der Waals surface area contributed by atoms with E-state index in [0.717, 1.165) is 11.7 Å². The van der Waals surface area contributed by atoms with E-state index in [1.807, 2.05) is 0 Å². The van der Waals surface area contributed by atoms with Gasteiger partial charge in [0.2, 0.25) is 0 Å². The van der Waals surface area contributed by atoms with Crippen LogP contribution < -0.4 is 5.73 Å². The fourth-order valence-corrected chi connectivity index (χ4v) is 2.08. The molecule has 14 heavy (non-hydrogen) atoms. The van der Waals surface area contributed by atoms with E-state index in [9.17, 15) is 0 Å². The first-order valence-corrected chi connectivity index (χ1v) is 5.33. The van der Waals surface area contributed by atoms with Crippen LogP contribution in [0.1, 0.15) is 44.3 Å². The fraction of sp³-hybridized carbons (Fsp3) is 0.636. The lowest BCUT2D eigenvalue weighted by Crippen LogP contribution is -2.13. The minimum Gasteiger partial charge on any atom is -0.396 e. The second-order valence-corrected chi connectivity index (χ2v) is 4.33. The van der Waals surface area contributed by atoms with Crippen LogP contribution in [0.15, 0.2) is 12.4 Å². The maximum absolute atomic E-state index is 5.55. The van der Waals surface area contributed by atoms with Crippen molar-refractivity contribution in [3.05, 3.63) is 18.2 Å². The number of nitrogens with two attached hydrogens (primary N) is 1. The number of rotatable bonds is 1. The van der Waals surface area contributed by atoms with Gasteiger partial charge in [0, 0.05) is 5.92 Å². The molecule has 1 heterocycles. The SMILES string of the molecule is CC1CCC(c2ncc(N)cn2)CC1. The number of hydrogen-bond donors (Lipinski definition) is 1. The number of anilines is 1. The van der Waals surface area contributed by atoms with Crippen LogP contribution in [0.5, 0.6) is 0 Å². The topological polar surface area (TPSA) is 51.8 Å². The average Bonchev–Trinajstić information content (AvgIpc) is 2.21. The first kappa shape index (κ1) is 9.44. The Morgan fingerprint density at radius 1 is 1.14 bits per heavy atom. The van der Waals surface area contributed by atoms with E-state index in [1.165, 1.54) is 25.7 Å². The highest BCUT2D eigenvalue weighted by Gasteiger charge is 2.21. The number of hydrogen-bond acceptors (Lipinski definition) is 3. The molecule has 0 radical (unpaired) electrons. The molecular weight excluding hydrogens is 174 g/mol. The van der Waals surface area contributed by atoms with Crippen molar-refractivity contribution in [3.63, 3.8) is 0 Å². The first-order valence-electron chi connectivity index (χ1n) is 5.33. The Kier molecular flexibility index (Phi) is 2.66. The molecule has 0 saturated heterocycles. The third kappa shape index (κ3) is 2.03. The van der Waals surface area contributed by atoms with Gasteiger partial charge in [-0.1, -0.05) is 19.8 Å². The lowest BCUT2D eigenvalue weighted by atomic mass is 9.82. The molecule has 1 aromatic heterocycles. The van der Waals surface area contributed by atoms with Crippen LogP contribution in [-0.2, 0) is 0 Å². The highest BCUT2D eigenvalue weighted by atomic mass is 14.9. The molecule has 0 atom stereocenters. The lowest BCUT2D eigenvalue weighted by Gasteiger charge is -2.24. The van der Waals surface area contributed by atoms with Crippen LogP contribution in [0.3, 0.4) is 0 Å². The van der Waals surface area contributed by atoms with Gasteiger partial charge < -0.3 is 5.73 Å². The predicted molar refractivity (Wildman–Crippen MR) is 56.8 cm³/mol. The number of nitrogens with zero attached hydrogens (tertiary/aromatic N) is 2. The van der Waals surface area contributed by atoms with Gasteiger partial charge in [0.25, 0.3) is 0 Å². The van der Waals surface area contributed by atoms with Gasteiger partial charge in [-0.05, 0) is 18.8 Å². The van der Waals surface area contributed by atoms with Gasteiger partial charge in [0.15, 0.2) is 0 Å². The molecule has 76 valence electrons. The Hall–Kier alpha value is -1.12. The van der Waals surface area contributed by atoms with Crippen LogP contribution in [0, 0.1) is 5.92 Å². The predicted octanol–water partition coefficient (Wildman–Crippen LogP) is 2.35. The Morgan fingerprint density at radius 2 is 1.71 bits per heavy atom. The smallest absolute Gasteiger partial charge is 0.131 e. The van der Waals surface area contributed by atoms with Crippen LogP contribution in [0.4, 0.5) is 5.69 Å². The highest BCUT2D eigenvalue weighted by molar-refractivity contribution is 5.30. The van der Waals surface area contributed by atoms with E-state index in [4.69, 9.17) is 5.73 Å². The second-order valence-electron chi connectivity index (χ2n) is 4.33. The summed E-state index contributed by atoms with van der Waals surface area (Å²) in [4.78, 5) is 8.58. The van der Waals surface area contributed by atoms with Crippen molar-refractivity contribution in [1.82, 2.24) is 9.97 Å². The summed E-state index contributed by atoms with van der Waals surface area (Å²) < 4.78 is 0. The van der Waals surface area contributed by atoms with Crippen molar-refractivity contribution in [2.75, 3.05) is 5.73 Å². The van der Waals surface area contributed by atoms with Crippen molar-refractivity contribution in [1.29, 1.82) is 0 Å². The molecule has 2 N–H and O–H groups in total. The zero-order valence-electron chi connectivity index (χ0n) is 8.61. The largest absolute Gasteiger partial charge is 0.396 e. The molecule has 0 bridgehead atoms. The standard InChI is InChI=1S/C11H17N3/c1-8-2-4-9(5-3-8)11-13-6-10(12)7-14-11/h6-9H,2-5,12H2,1H3. The molecule has 0 aliphatic heterocycles. The quantitative estimate of drug-likeness (QED) is 0.741. The van der Waals surface area contributed by atoms with Crippen molar-refractivity contribution in [2.24, 2.45) is 5.92 Å². The molecule has 1 aromatic rings. The summed E-state index contributed by atoms with van der Waals surface area (Å²) in [6.07, 6.45) is 8.48. The Labute approximate surface area is 84.8 Å². The van der Waals surface area contributed by atoms with E-state index in [1.54, 1.807) is 12.4 Å². The molecular formula is C11H17N3. The highest BCUT2D eigenvalue weighted by Crippen LogP contribution is 2.33. The summed E-state index contributed by atoms with van der Waals surface area (Å²) in [5.74, 6) is 2.41. The average molecular weight is 191 g/mol. The zero-order valence-corrected chi connectivity index (χ0v) is 8.61.